The van der Waals surface area contributed by atoms with Crippen molar-refractivity contribution in [1.29, 1.82) is 0 Å². The van der Waals surface area contributed by atoms with Crippen molar-refractivity contribution in [3.8, 4) is 0 Å². The van der Waals surface area contributed by atoms with Gasteiger partial charge in [0.1, 0.15) is 0 Å². The van der Waals surface area contributed by atoms with E-state index in [2.05, 4.69) is 4.72 Å². The van der Waals surface area contributed by atoms with Gasteiger partial charge in [0.25, 0.3) is 0 Å². The first-order valence-electron chi connectivity index (χ1n) is 12.9. The number of hydrogen-bond donors (Lipinski definition) is 2. The van der Waals surface area contributed by atoms with Gasteiger partial charge in [0.2, 0.25) is 15.9 Å². The summed E-state index contributed by atoms with van der Waals surface area (Å²) in [7, 11) is -3.52. The summed E-state index contributed by atoms with van der Waals surface area (Å²) >= 11 is 12.6. The van der Waals surface area contributed by atoms with Crippen molar-refractivity contribution in [1.82, 2.24) is 9.62 Å². The van der Waals surface area contributed by atoms with Gasteiger partial charge >= 0.3 is 5.97 Å². The van der Waals surface area contributed by atoms with E-state index in [0.717, 1.165) is 11.1 Å². The number of piperidine rings is 1. The third kappa shape index (κ3) is 6.03. The maximum atomic E-state index is 14.3. The monoisotopic (exact) mass is 580 g/mol. The number of carboxylic acids is 1. The van der Waals surface area contributed by atoms with Gasteiger partial charge in [-0.3, -0.25) is 9.59 Å². The molecule has 10 heteroatoms. The number of benzene rings is 2. The first-order valence-corrected chi connectivity index (χ1v) is 15.2. The summed E-state index contributed by atoms with van der Waals surface area (Å²) in [6, 6.07) is 13.1. The van der Waals surface area contributed by atoms with Crippen molar-refractivity contribution in [2.24, 2.45) is 5.41 Å². The standard InChI is InChI=1S/C28H34Cl2N2O5S/c1-4-24(17(2)31-38(36,37)22-12-13-22)32-26(18-8-10-20(29)11-9-18)23(19-6-5-7-21(30)14-19)15-28(3,27(32)35)16-25(33)34/h5-11,14,17,22-24,26,31H,4,12-13,15-16H2,1-3H3,(H,33,34)/t17-,23+,24-,26+,28+/m0/s1. The highest BCUT2D eigenvalue weighted by atomic mass is 35.5. The molecule has 1 aliphatic carbocycles. The molecule has 2 fully saturated rings. The van der Waals surface area contributed by atoms with Crippen LogP contribution in [0.3, 0.4) is 0 Å². The van der Waals surface area contributed by atoms with Gasteiger partial charge in [-0.2, -0.15) is 0 Å². The zero-order valence-corrected chi connectivity index (χ0v) is 24.1. The molecular formula is C28H34Cl2N2O5S. The van der Waals surface area contributed by atoms with E-state index in [1.54, 1.807) is 36.9 Å². The Morgan fingerprint density at radius 3 is 2.34 bits per heavy atom. The predicted molar refractivity (Wildman–Crippen MR) is 149 cm³/mol. The number of halogens is 2. The van der Waals surface area contributed by atoms with Gasteiger partial charge in [-0.05, 0) is 68.0 Å². The minimum atomic E-state index is -3.52. The highest BCUT2D eigenvalue weighted by Crippen LogP contribution is 2.52. The Morgan fingerprint density at radius 2 is 1.79 bits per heavy atom. The number of nitrogens with zero attached hydrogens (tertiary/aromatic N) is 1. The molecule has 1 amide bonds. The largest absolute Gasteiger partial charge is 0.481 e. The van der Waals surface area contributed by atoms with Crippen LogP contribution in [0.25, 0.3) is 0 Å². The van der Waals surface area contributed by atoms with Crippen molar-refractivity contribution in [3.05, 3.63) is 69.7 Å². The van der Waals surface area contributed by atoms with E-state index in [9.17, 15) is 23.1 Å². The van der Waals surface area contributed by atoms with E-state index in [0.29, 0.717) is 35.7 Å². The van der Waals surface area contributed by atoms with Crippen LogP contribution >= 0.6 is 23.2 Å². The molecular weight excluding hydrogens is 547 g/mol. The molecule has 1 saturated heterocycles. The molecule has 0 spiro atoms. The lowest BCUT2D eigenvalue weighted by Crippen LogP contribution is -2.60. The van der Waals surface area contributed by atoms with Crippen molar-refractivity contribution in [2.75, 3.05) is 0 Å². The number of carbonyl (C=O) groups excluding carboxylic acids is 1. The number of hydrogen-bond acceptors (Lipinski definition) is 4. The Bertz CT molecular complexity index is 1300. The fraction of sp³-hybridized carbons (Fsp3) is 0.500. The van der Waals surface area contributed by atoms with E-state index in [4.69, 9.17) is 23.2 Å². The summed E-state index contributed by atoms with van der Waals surface area (Å²) in [5, 5.41) is 10.5. The zero-order valence-electron chi connectivity index (χ0n) is 21.7. The summed E-state index contributed by atoms with van der Waals surface area (Å²) in [6.07, 6.45) is 1.67. The van der Waals surface area contributed by atoms with E-state index < -0.39 is 44.8 Å². The molecule has 2 aliphatic rings. The van der Waals surface area contributed by atoms with Crippen molar-refractivity contribution >= 4 is 45.1 Å². The number of sulfonamides is 1. The average molecular weight is 582 g/mol. The molecule has 206 valence electrons. The second kappa shape index (κ2) is 11.2. The lowest BCUT2D eigenvalue weighted by molar-refractivity contribution is -0.161. The van der Waals surface area contributed by atoms with Crippen LogP contribution in [-0.2, 0) is 19.6 Å². The molecule has 2 aromatic rings. The van der Waals surface area contributed by atoms with Crippen LogP contribution < -0.4 is 4.72 Å². The number of carboxylic acid groups (broad SMARTS) is 1. The molecule has 38 heavy (non-hydrogen) atoms. The maximum absolute atomic E-state index is 14.3. The number of aliphatic carboxylic acids is 1. The minimum Gasteiger partial charge on any atom is -0.481 e. The average Bonchev–Trinajstić information content (AvgIpc) is 3.68. The quantitative estimate of drug-likeness (QED) is 0.370. The number of rotatable bonds is 10. The van der Waals surface area contributed by atoms with E-state index >= 15 is 0 Å². The van der Waals surface area contributed by atoms with Gasteiger partial charge in [0.05, 0.1) is 23.1 Å². The predicted octanol–water partition coefficient (Wildman–Crippen LogP) is 5.78. The van der Waals surface area contributed by atoms with Crippen LogP contribution in [0.5, 0.6) is 0 Å². The fourth-order valence-electron chi connectivity index (χ4n) is 5.85. The number of nitrogens with one attached hydrogen (secondary N) is 1. The molecule has 2 aromatic carbocycles. The van der Waals surface area contributed by atoms with E-state index in [1.165, 1.54) is 0 Å². The van der Waals surface area contributed by atoms with E-state index in [1.807, 2.05) is 37.3 Å². The first kappa shape index (κ1) is 28.9. The number of likely N-dealkylation sites (tertiary alicyclic amines) is 1. The van der Waals surface area contributed by atoms with Crippen molar-refractivity contribution in [3.63, 3.8) is 0 Å². The number of amides is 1. The van der Waals surface area contributed by atoms with E-state index in [-0.39, 0.29) is 18.2 Å². The van der Waals surface area contributed by atoms with Gasteiger partial charge < -0.3 is 10.0 Å². The Morgan fingerprint density at radius 1 is 1.13 bits per heavy atom. The molecule has 0 bridgehead atoms. The van der Waals surface area contributed by atoms with Crippen LogP contribution in [0.4, 0.5) is 0 Å². The Kier molecular flexibility index (Phi) is 8.48. The molecule has 5 atom stereocenters. The van der Waals surface area contributed by atoms with Crippen LogP contribution in [0.2, 0.25) is 10.0 Å². The molecule has 0 radical (unpaired) electrons. The molecule has 4 rings (SSSR count). The molecule has 1 aliphatic heterocycles. The zero-order chi connectivity index (χ0) is 27.8. The van der Waals surface area contributed by atoms with Crippen LogP contribution in [-0.4, -0.2) is 47.6 Å². The van der Waals surface area contributed by atoms with Gasteiger partial charge in [0.15, 0.2) is 0 Å². The molecule has 1 saturated carbocycles. The highest BCUT2D eigenvalue weighted by Gasteiger charge is 2.53. The summed E-state index contributed by atoms with van der Waals surface area (Å²) in [5.74, 6) is -1.66. The molecule has 0 unspecified atom stereocenters. The summed E-state index contributed by atoms with van der Waals surface area (Å²) in [5.41, 5.74) is 0.512. The highest BCUT2D eigenvalue weighted by molar-refractivity contribution is 7.90. The summed E-state index contributed by atoms with van der Waals surface area (Å²) in [4.78, 5) is 28.0. The molecule has 0 aromatic heterocycles. The Hall–Kier alpha value is -2.13. The Labute approximate surface area is 234 Å². The van der Waals surface area contributed by atoms with Crippen LogP contribution in [0.1, 0.15) is 76.0 Å². The van der Waals surface area contributed by atoms with Gasteiger partial charge in [-0.15, -0.1) is 0 Å². The maximum Gasteiger partial charge on any atom is 0.304 e. The third-order valence-corrected chi connectivity index (χ3v) is 10.3. The number of carbonyl (C=O) groups is 2. The smallest absolute Gasteiger partial charge is 0.304 e. The topological polar surface area (TPSA) is 104 Å². The SMILES string of the molecule is CC[C@@H]([C@H](C)NS(=O)(=O)C1CC1)N1C(=O)[C@@](C)(CC(=O)O)C[C@H](c2cccc(Cl)c2)[C@H]1c1ccc(Cl)cc1. The van der Waals surface area contributed by atoms with Crippen molar-refractivity contribution in [2.45, 2.75) is 82.2 Å². The van der Waals surface area contributed by atoms with Crippen molar-refractivity contribution < 1.29 is 23.1 Å². The summed E-state index contributed by atoms with van der Waals surface area (Å²) < 4.78 is 28.5. The minimum absolute atomic E-state index is 0.293. The Balaban J connectivity index is 1.87. The normalized spacial score (nSPS) is 25.7. The fourth-order valence-corrected chi connectivity index (χ4v) is 7.80. The van der Waals surface area contributed by atoms with Gasteiger partial charge in [0, 0.05) is 28.0 Å². The second-order valence-electron chi connectivity index (χ2n) is 10.8. The first-order chi connectivity index (χ1) is 17.9. The van der Waals surface area contributed by atoms with Crippen LogP contribution in [0, 0.1) is 5.41 Å². The molecule has 2 N–H and O–H groups in total. The lowest BCUT2D eigenvalue weighted by atomic mass is 9.66. The second-order valence-corrected chi connectivity index (χ2v) is 13.7. The molecule has 1 heterocycles. The summed E-state index contributed by atoms with van der Waals surface area (Å²) in [6.45, 7) is 5.38. The third-order valence-electron chi connectivity index (χ3n) is 7.80. The van der Waals surface area contributed by atoms with Gasteiger partial charge in [-0.1, -0.05) is 61.3 Å². The van der Waals surface area contributed by atoms with Gasteiger partial charge in [-0.25, -0.2) is 13.1 Å². The molecule has 7 nitrogen and oxygen atoms in total. The lowest BCUT2D eigenvalue weighted by Gasteiger charge is -2.53. The van der Waals surface area contributed by atoms with Crippen LogP contribution in [0.15, 0.2) is 48.5 Å².